The summed E-state index contributed by atoms with van der Waals surface area (Å²) in [4.78, 5) is 15.1. The number of esters is 1. The van der Waals surface area contributed by atoms with E-state index < -0.39 is 18.1 Å². The van der Waals surface area contributed by atoms with Crippen LogP contribution in [0, 0.1) is 0 Å². The van der Waals surface area contributed by atoms with Gasteiger partial charge in [0, 0.05) is 0 Å². The minimum atomic E-state index is -4.85. The molecule has 112 valence electrons. The van der Waals surface area contributed by atoms with Gasteiger partial charge in [0.15, 0.2) is 11.4 Å². The summed E-state index contributed by atoms with van der Waals surface area (Å²) >= 11 is 0. The molecule has 21 heavy (non-hydrogen) atoms. The van der Waals surface area contributed by atoms with Crippen molar-refractivity contribution < 1.29 is 27.4 Å². The number of anilines is 1. The SMILES string of the molecule is COC(=O)c1ncn(-c2ccccc2OC(F)(F)F)c1N. The van der Waals surface area contributed by atoms with Crippen molar-refractivity contribution in [1.29, 1.82) is 0 Å². The fraction of sp³-hybridized carbons (Fsp3) is 0.167. The van der Waals surface area contributed by atoms with Crippen molar-refractivity contribution in [2.45, 2.75) is 6.36 Å². The monoisotopic (exact) mass is 301 g/mol. The lowest BCUT2D eigenvalue weighted by Crippen LogP contribution is -2.18. The maximum atomic E-state index is 12.4. The minimum Gasteiger partial charge on any atom is -0.464 e. The van der Waals surface area contributed by atoms with Crippen LogP contribution in [0.15, 0.2) is 30.6 Å². The highest BCUT2D eigenvalue weighted by atomic mass is 19.4. The standard InChI is InChI=1S/C12H10F3N3O3/c1-20-11(19)9-10(16)18(6-17-9)7-4-2-3-5-8(7)21-12(13,14)15/h2-6H,16H2,1H3. The van der Waals surface area contributed by atoms with Gasteiger partial charge in [-0.15, -0.1) is 13.2 Å². The molecule has 6 nitrogen and oxygen atoms in total. The quantitative estimate of drug-likeness (QED) is 0.879. The van der Waals surface area contributed by atoms with Crippen molar-refractivity contribution in [2.75, 3.05) is 12.8 Å². The highest BCUT2D eigenvalue weighted by Crippen LogP contribution is 2.30. The first-order chi connectivity index (χ1) is 9.83. The van der Waals surface area contributed by atoms with Crippen molar-refractivity contribution in [3.63, 3.8) is 0 Å². The molecular weight excluding hydrogens is 291 g/mol. The normalized spacial score (nSPS) is 11.2. The summed E-state index contributed by atoms with van der Waals surface area (Å²) in [5, 5.41) is 0. The van der Waals surface area contributed by atoms with Crippen LogP contribution < -0.4 is 10.5 Å². The summed E-state index contributed by atoms with van der Waals surface area (Å²) in [7, 11) is 1.14. The van der Waals surface area contributed by atoms with Crippen LogP contribution in [0.5, 0.6) is 5.75 Å². The van der Waals surface area contributed by atoms with Crippen LogP contribution >= 0.6 is 0 Å². The van der Waals surface area contributed by atoms with Gasteiger partial charge in [0.05, 0.1) is 12.8 Å². The third-order valence-corrected chi connectivity index (χ3v) is 2.53. The van der Waals surface area contributed by atoms with E-state index in [9.17, 15) is 18.0 Å². The summed E-state index contributed by atoms with van der Waals surface area (Å²) in [6.45, 7) is 0. The second kappa shape index (κ2) is 5.35. The molecule has 1 aromatic heterocycles. The summed E-state index contributed by atoms with van der Waals surface area (Å²) in [6.07, 6.45) is -3.74. The van der Waals surface area contributed by atoms with Crippen LogP contribution in [-0.4, -0.2) is 29.0 Å². The Kier molecular flexibility index (Phi) is 3.74. The average Bonchev–Trinajstić information content (AvgIpc) is 2.78. The van der Waals surface area contributed by atoms with E-state index in [1.165, 1.54) is 18.2 Å². The van der Waals surface area contributed by atoms with Crippen LogP contribution in [0.25, 0.3) is 5.69 Å². The number of aromatic nitrogens is 2. The molecule has 0 aliphatic rings. The number of rotatable bonds is 3. The summed E-state index contributed by atoms with van der Waals surface area (Å²) in [6, 6.07) is 5.34. The van der Waals surface area contributed by atoms with Gasteiger partial charge in [0.2, 0.25) is 0 Å². The fourth-order valence-corrected chi connectivity index (χ4v) is 1.67. The van der Waals surface area contributed by atoms with Gasteiger partial charge < -0.3 is 15.2 Å². The lowest BCUT2D eigenvalue weighted by molar-refractivity contribution is -0.274. The molecule has 0 atom stereocenters. The Bertz CT molecular complexity index is 667. The van der Waals surface area contributed by atoms with E-state index in [-0.39, 0.29) is 17.2 Å². The van der Waals surface area contributed by atoms with Gasteiger partial charge in [-0.2, -0.15) is 0 Å². The number of ether oxygens (including phenoxy) is 2. The molecule has 0 unspecified atom stereocenters. The van der Waals surface area contributed by atoms with Crippen LogP contribution in [0.2, 0.25) is 0 Å². The molecule has 0 aliphatic carbocycles. The Hall–Kier alpha value is -2.71. The van der Waals surface area contributed by atoms with Crippen molar-refractivity contribution >= 4 is 11.8 Å². The average molecular weight is 301 g/mol. The molecule has 0 saturated carbocycles. The molecule has 0 saturated heterocycles. The van der Waals surface area contributed by atoms with Crippen molar-refractivity contribution in [3.05, 3.63) is 36.3 Å². The van der Waals surface area contributed by atoms with Crippen LogP contribution in [0.1, 0.15) is 10.5 Å². The summed E-state index contributed by atoms with van der Waals surface area (Å²) in [5.41, 5.74) is 5.51. The Morgan fingerprint density at radius 1 is 1.33 bits per heavy atom. The Morgan fingerprint density at radius 2 is 2.00 bits per heavy atom. The second-order valence-corrected chi connectivity index (χ2v) is 3.86. The molecule has 2 rings (SSSR count). The number of carbonyl (C=O) groups excluding carboxylic acids is 1. The Morgan fingerprint density at radius 3 is 2.62 bits per heavy atom. The lowest BCUT2D eigenvalue weighted by atomic mass is 10.3. The van der Waals surface area contributed by atoms with E-state index in [1.807, 2.05) is 0 Å². The molecule has 0 spiro atoms. The van der Waals surface area contributed by atoms with Gasteiger partial charge in [-0.1, -0.05) is 12.1 Å². The van der Waals surface area contributed by atoms with Crippen molar-refractivity contribution in [1.82, 2.24) is 9.55 Å². The topological polar surface area (TPSA) is 79.4 Å². The second-order valence-electron chi connectivity index (χ2n) is 3.86. The van der Waals surface area contributed by atoms with Gasteiger partial charge in [0.1, 0.15) is 12.1 Å². The zero-order valence-electron chi connectivity index (χ0n) is 10.7. The van der Waals surface area contributed by atoms with E-state index in [0.717, 1.165) is 24.1 Å². The maximum absolute atomic E-state index is 12.4. The number of alkyl halides is 3. The molecular formula is C12H10F3N3O3. The number of benzene rings is 1. The number of hydrogen-bond acceptors (Lipinski definition) is 5. The third-order valence-electron chi connectivity index (χ3n) is 2.53. The number of carbonyl (C=O) groups is 1. The molecule has 0 amide bonds. The van der Waals surface area contributed by atoms with E-state index in [0.29, 0.717) is 0 Å². The summed E-state index contributed by atoms with van der Waals surface area (Å²) in [5.74, 6) is -1.41. The number of nitrogens with zero attached hydrogens (tertiary/aromatic N) is 2. The van der Waals surface area contributed by atoms with Crippen LogP contribution in [0.3, 0.4) is 0 Å². The number of halogens is 3. The van der Waals surface area contributed by atoms with Crippen LogP contribution in [-0.2, 0) is 4.74 Å². The first-order valence-electron chi connectivity index (χ1n) is 5.59. The molecule has 0 fully saturated rings. The highest BCUT2D eigenvalue weighted by molar-refractivity contribution is 5.92. The Labute approximate surface area is 116 Å². The van der Waals surface area contributed by atoms with Gasteiger partial charge in [-0.25, -0.2) is 9.78 Å². The lowest BCUT2D eigenvalue weighted by Gasteiger charge is -2.14. The molecule has 0 aliphatic heterocycles. The van der Waals surface area contributed by atoms with E-state index in [4.69, 9.17) is 5.73 Å². The van der Waals surface area contributed by atoms with Crippen molar-refractivity contribution in [3.8, 4) is 11.4 Å². The molecule has 1 heterocycles. The predicted octanol–water partition coefficient (Wildman–Crippen LogP) is 2.14. The van der Waals surface area contributed by atoms with Crippen LogP contribution in [0.4, 0.5) is 19.0 Å². The number of methoxy groups -OCH3 is 1. The molecule has 2 aromatic rings. The first-order valence-corrected chi connectivity index (χ1v) is 5.59. The smallest absolute Gasteiger partial charge is 0.464 e. The first kappa shape index (κ1) is 14.7. The number of nitrogens with two attached hydrogens (primary N) is 1. The van der Waals surface area contributed by atoms with Gasteiger partial charge in [-0.3, -0.25) is 4.57 Å². The predicted molar refractivity (Wildman–Crippen MR) is 66.0 cm³/mol. The number of nitrogen functional groups attached to an aromatic ring is 1. The fourth-order valence-electron chi connectivity index (χ4n) is 1.67. The highest BCUT2D eigenvalue weighted by Gasteiger charge is 2.32. The van der Waals surface area contributed by atoms with E-state index in [1.54, 1.807) is 0 Å². The van der Waals surface area contributed by atoms with Gasteiger partial charge >= 0.3 is 12.3 Å². The molecule has 0 bridgehead atoms. The summed E-state index contributed by atoms with van der Waals surface area (Å²) < 4.78 is 46.6. The molecule has 9 heteroatoms. The zero-order valence-corrected chi connectivity index (χ0v) is 10.7. The number of imidazole rings is 1. The zero-order chi connectivity index (χ0) is 15.6. The largest absolute Gasteiger partial charge is 0.573 e. The van der Waals surface area contributed by atoms with E-state index in [2.05, 4.69) is 14.5 Å². The third kappa shape index (κ3) is 3.07. The molecule has 1 aromatic carbocycles. The van der Waals surface area contributed by atoms with E-state index >= 15 is 0 Å². The maximum Gasteiger partial charge on any atom is 0.573 e. The Balaban J connectivity index is 2.48. The molecule has 2 N–H and O–H groups in total. The number of hydrogen-bond donors (Lipinski definition) is 1. The van der Waals surface area contributed by atoms with Crippen molar-refractivity contribution in [2.24, 2.45) is 0 Å². The molecule has 0 radical (unpaired) electrons. The number of para-hydroxylation sites is 2. The minimum absolute atomic E-state index is 0.00465. The van der Waals surface area contributed by atoms with Gasteiger partial charge in [0.25, 0.3) is 0 Å². The van der Waals surface area contributed by atoms with Gasteiger partial charge in [-0.05, 0) is 12.1 Å².